The number of sulfonamides is 1. The van der Waals surface area contributed by atoms with Crippen LogP contribution < -0.4 is 5.32 Å². The lowest BCUT2D eigenvalue weighted by molar-refractivity contribution is -0.141. The van der Waals surface area contributed by atoms with E-state index in [4.69, 9.17) is 0 Å². The molecule has 2 aromatic carbocycles. The quantitative estimate of drug-likeness (QED) is 0.495. The normalized spacial score (nSPS) is 15.0. The third-order valence-corrected chi connectivity index (χ3v) is 8.18. The zero-order valence-corrected chi connectivity index (χ0v) is 22.2. The summed E-state index contributed by atoms with van der Waals surface area (Å²) >= 11 is 0. The van der Waals surface area contributed by atoms with E-state index < -0.39 is 22.0 Å². The van der Waals surface area contributed by atoms with Crippen LogP contribution in [0.2, 0.25) is 0 Å². The molecule has 1 N–H and O–H groups in total. The zero-order valence-electron chi connectivity index (χ0n) is 21.4. The van der Waals surface area contributed by atoms with E-state index >= 15 is 0 Å². The number of benzene rings is 2. The molecule has 8 nitrogen and oxygen atoms in total. The fraction of sp³-hybridized carbons (Fsp3) is 0.444. The SMILES string of the molecule is CC[C@H](C(=O)NCC(C)C)N(Cc1ccccc1C)C(=O)CCCN1C(=O)c2ccccc2S1(=O)=O. The number of carbonyl (C=O) groups excluding carboxylic acids is 3. The van der Waals surface area contributed by atoms with E-state index in [1.165, 1.54) is 12.1 Å². The van der Waals surface area contributed by atoms with Gasteiger partial charge in [-0.05, 0) is 48.9 Å². The van der Waals surface area contributed by atoms with Crippen molar-refractivity contribution in [1.82, 2.24) is 14.5 Å². The van der Waals surface area contributed by atoms with E-state index in [1.54, 1.807) is 17.0 Å². The molecule has 0 unspecified atom stereocenters. The van der Waals surface area contributed by atoms with Gasteiger partial charge in [0, 0.05) is 26.1 Å². The van der Waals surface area contributed by atoms with E-state index in [0.29, 0.717) is 13.0 Å². The fourth-order valence-electron chi connectivity index (χ4n) is 4.28. The average molecular weight is 514 g/mol. The maximum Gasteiger partial charge on any atom is 0.269 e. The Labute approximate surface area is 213 Å². The molecule has 0 aromatic heterocycles. The van der Waals surface area contributed by atoms with Crippen LogP contribution in [0.1, 0.15) is 61.5 Å². The number of fused-ring (bicyclic) bond motifs is 1. The zero-order chi connectivity index (χ0) is 26.5. The first-order valence-electron chi connectivity index (χ1n) is 12.4. The molecule has 0 saturated carbocycles. The Kier molecular flexibility index (Phi) is 8.89. The second kappa shape index (κ2) is 11.7. The summed E-state index contributed by atoms with van der Waals surface area (Å²) < 4.78 is 26.5. The Balaban J connectivity index is 1.75. The Morgan fingerprint density at radius 1 is 1.06 bits per heavy atom. The summed E-state index contributed by atoms with van der Waals surface area (Å²) in [5.74, 6) is -0.766. The average Bonchev–Trinajstić information content (AvgIpc) is 3.04. The lowest BCUT2D eigenvalue weighted by Crippen LogP contribution is -2.49. The number of aryl methyl sites for hydroxylation is 1. The van der Waals surface area contributed by atoms with Gasteiger partial charge in [0.05, 0.1) is 5.56 Å². The summed E-state index contributed by atoms with van der Waals surface area (Å²) in [6.45, 7) is 8.51. The van der Waals surface area contributed by atoms with Crippen LogP contribution in [0, 0.1) is 12.8 Å². The van der Waals surface area contributed by atoms with Gasteiger partial charge in [-0.1, -0.05) is 57.2 Å². The van der Waals surface area contributed by atoms with Crippen LogP contribution in [0.25, 0.3) is 0 Å². The molecule has 194 valence electrons. The maximum atomic E-state index is 13.4. The molecule has 0 saturated heterocycles. The van der Waals surface area contributed by atoms with Crippen molar-refractivity contribution < 1.29 is 22.8 Å². The van der Waals surface area contributed by atoms with Crippen molar-refractivity contribution in [3.05, 3.63) is 65.2 Å². The minimum Gasteiger partial charge on any atom is -0.354 e. The van der Waals surface area contributed by atoms with Crippen molar-refractivity contribution in [2.24, 2.45) is 5.92 Å². The molecule has 2 aromatic rings. The minimum atomic E-state index is -3.92. The summed E-state index contributed by atoms with van der Waals surface area (Å²) in [5.41, 5.74) is 2.10. The lowest BCUT2D eigenvalue weighted by Gasteiger charge is -2.31. The first-order valence-corrected chi connectivity index (χ1v) is 13.8. The molecule has 0 spiro atoms. The molecule has 0 radical (unpaired) electrons. The van der Waals surface area contributed by atoms with Crippen LogP contribution in [-0.4, -0.2) is 54.5 Å². The van der Waals surface area contributed by atoms with E-state index in [-0.39, 0.29) is 54.1 Å². The lowest BCUT2D eigenvalue weighted by atomic mass is 10.0. The number of hydrogen-bond acceptors (Lipinski definition) is 5. The molecule has 3 rings (SSSR count). The van der Waals surface area contributed by atoms with Crippen LogP contribution in [0.15, 0.2) is 53.4 Å². The van der Waals surface area contributed by atoms with Crippen molar-refractivity contribution in [2.45, 2.75) is 64.4 Å². The van der Waals surface area contributed by atoms with E-state index in [0.717, 1.165) is 15.4 Å². The monoisotopic (exact) mass is 513 g/mol. The molecule has 0 fully saturated rings. The topological polar surface area (TPSA) is 104 Å². The highest BCUT2D eigenvalue weighted by atomic mass is 32.2. The van der Waals surface area contributed by atoms with Crippen molar-refractivity contribution in [2.75, 3.05) is 13.1 Å². The number of nitrogens with zero attached hydrogens (tertiary/aromatic N) is 2. The van der Waals surface area contributed by atoms with Gasteiger partial charge in [0.1, 0.15) is 10.9 Å². The summed E-state index contributed by atoms with van der Waals surface area (Å²) in [7, 11) is -3.92. The third-order valence-electron chi connectivity index (χ3n) is 6.34. The molecular weight excluding hydrogens is 478 g/mol. The molecule has 1 heterocycles. The molecule has 1 atom stereocenters. The van der Waals surface area contributed by atoms with Crippen molar-refractivity contribution in [3.63, 3.8) is 0 Å². The molecule has 1 aliphatic heterocycles. The van der Waals surface area contributed by atoms with Crippen molar-refractivity contribution in [1.29, 1.82) is 0 Å². The van der Waals surface area contributed by atoms with Gasteiger partial charge in [-0.15, -0.1) is 0 Å². The smallest absolute Gasteiger partial charge is 0.269 e. The highest BCUT2D eigenvalue weighted by Gasteiger charge is 2.40. The Bertz CT molecular complexity index is 1230. The predicted molar refractivity (Wildman–Crippen MR) is 138 cm³/mol. The molecule has 0 bridgehead atoms. The van der Waals surface area contributed by atoms with Crippen molar-refractivity contribution in [3.8, 4) is 0 Å². The highest BCUT2D eigenvalue weighted by Crippen LogP contribution is 2.30. The number of hydrogen-bond donors (Lipinski definition) is 1. The summed E-state index contributed by atoms with van der Waals surface area (Å²) in [6, 6.07) is 13.2. The van der Waals surface area contributed by atoms with Gasteiger partial charge in [-0.25, -0.2) is 12.7 Å². The Morgan fingerprint density at radius 3 is 2.36 bits per heavy atom. The first kappa shape index (κ1) is 27.4. The summed E-state index contributed by atoms with van der Waals surface area (Å²) in [4.78, 5) is 40.7. The maximum absolute atomic E-state index is 13.4. The van der Waals surface area contributed by atoms with Crippen LogP contribution in [-0.2, 0) is 26.2 Å². The molecule has 36 heavy (non-hydrogen) atoms. The largest absolute Gasteiger partial charge is 0.354 e. The van der Waals surface area contributed by atoms with Gasteiger partial charge >= 0.3 is 0 Å². The number of amides is 3. The van der Waals surface area contributed by atoms with Gasteiger partial charge in [0.15, 0.2) is 0 Å². The second-order valence-corrected chi connectivity index (χ2v) is 11.3. The fourth-order valence-corrected chi connectivity index (χ4v) is 5.89. The molecular formula is C27H35N3O5S. The molecule has 1 aliphatic rings. The molecule has 3 amide bonds. The van der Waals surface area contributed by atoms with E-state index in [1.807, 2.05) is 52.0 Å². The van der Waals surface area contributed by atoms with Gasteiger partial charge in [-0.2, -0.15) is 0 Å². The van der Waals surface area contributed by atoms with Gasteiger partial charge in [0.2, 0.25) is 11.8 Å². The third kappa shape index (κ3) is 5.95. The van der Waals surface area contributed by atoms with Crippen LogP contribution >= 0.6 is 0 Å². The predicted octanol–water partition coefficient (Wildman–Crippen LogP) is 3.50. The molecule has 0 aliphatic carbocycles. The first-order chi connectivity index (χ1) is 17.1. The van der Waals surface area contributed by atoms with Crippen LogP contribution in [0.5, 0.6) is 0 Å². The van der Waals surface area contributed by atoms with Crippen LogP contribution in [0.4, 0.5) is 0 Å². The van der Waals surface area contributed by atoms with Crippen molar-refractivity contribution >= 4 is 27.7 Å². The number of rotatable bonds is 11. The second-order valence-electron chi connectivity index (χ2n) is 9.49. The molecule has 9 heteroatoms. The van der Waals surface area contributed by atoms with E-state index in [2.05, 4.69) is 5.32 Å². The Morgan fingerprint density at radius 2 is 1.72 bits per heavy atom. The number of nitrogens with one attached hydrogen (secondary N) is 1. The van der Waals surface area contributed by atoms with Gasteiger partial charge in [-0.3, -0.25) is 14.4 Å². The van der Waals surface area contributed by atoms with Gasteiger partial charge < -0.3 is 10.2 Å². The standard InChI is InChI=1S/C27H35N3O5S/c1-5-23(26(32)28-17-19(2)3)29(18-21-12-7-6-11-20(21)4)25(31)15-10-16-30-27(33)22-13-8-9-14-24(22)36(30,34)35/h6-9,11-14,19,23H,5,10,15-18H2,1-4H3,(H,28,32)/t23-/m1/s1. The Hall–Kier alpha value is -3.20. The number of carbonyl (C=O) groups is 3. The highest BCUT2D eigenvalue weighted by molar-refractivity contribution is 7.90. The van der Waals surface area contributed by atoms with Crippen LogP contribution in [0.3, 0.4) is 0 Å². The summed E-state index contributed by atoms with van der Waals surface area (Å²) in [6.07, 6.45) is 0.609. The van der Waals surface area contributed by atoms with E-state index in [9.17, 15) is 22.8 Å². The summed E-state index contributed by atoms with van der Waals surface area (Å²) in [5, 5.41) is 2.93. The van der Waals surface area contributed by atoms with Gasteiger partial charge in [0.25, 0.3) is 15.9 Å². The minimum absolute atomic E-state index is 0.00428.